The van der Waals surface area contributed by atoms with Crippen molar-refractivity contribution < 1.29 is 44.7 Å². The molecule has 0 bridgehead atoms. The third-order valence-corrected chi connectivity index (χ3v) is 2.53. The van der Waals surface area contributed by atoms with Gasteiger partial charge in [0, 0.05) is 17.1 Å². The van der Waals surface area contributed by atoms with Crippen molar-refractivity contribution >= 4 is 34.8 Å². The quantitative estimate of drug-likeness (QED) is 0.348. The van der Waals surface area contributed by atoms with E-state index in [2.05, 4.69) is 4.98 Å². The smallest absolute Gasteiger partial charge is 0.414 e. The fourth-order valence-electron chi connectivity index (χ4n) is 1.53. The molecule has 2 aromatic rings. The van der Waals surface area contributed by atoms with Gasteiger partial charge in [0.15, 0.2) is 0 Å². The zero-order valence-corrected chi connectivity index (χ0v) is 12.7. The van der Waals surface area contributed by atoms with Crippen LogP contribution >= 0.6 is 0 Å². The maximum atomic E-state index is 9.30. The lowest BCUT2D eigenvalue weighted by atomic mass is 10.2. The number of rotatable bonds is 2. The van der Waals surface area contributed by atoms with Gasteiger partial charge in [-0.05, 0) is 36.7 Å². The van der Waals surface area contributed by atoms with Crippen LogP contribution in [0, 0.1) is 0 Å². The summed E-state index contributed by atoms with van der Waals surface area (Å²) in [5.74, 6) is -7.00. The number of fused-ring (bicyclic) bond motifs is 1. The molecule has 0 amide bonds. The molecule has 11 heteroatoms. The number of carboxylic acid groups (broad SMARTS) is 4. The van der Waals surface area contributed by atoms with Crippen molar-refractivity contribution in [3.63, 3.8) is 0 Å². The first-order valence-electron chi connectivity index (χ1n) is 6.51. The van der Waals surface area contributed by atoms with Crippen LogP contribution in [0.4, 0.5) is 0 Å². The van der Waals surface area contributed by atoms with Crippen molar-refractivity contribution in [2.24, 2.45) is 5.73 Å². The maximum absolute atomic E-state index is 9.30. The highest BCUT2D eigenvalue weighted by atomic mass is 16.4. The van der Waals surface area contributed by atoms with Crippen molar-refractivity contribution in [2.45, 2.75) is 6.42 Å². The molecule has 1 aromatic heterocycles. The lowest BCUT2D eigenvalue weighted by Crippen LogP contribution is -2.09. The van der Waals surface area contributed by atoms with E-state index in [9.17, 15) is 5.11 Å². The van der Waals surface area contributed by atoms with E-state index in [-0.39, 0.29) is 0 Å². The molecule has 0 aliphatic heterocycles. The zero-order chi connectivity index (χ0) is 19.6. The number of carbonyl (C=O) groups is 4. The molecular formula is C14H16N2O9. The molecule has 136 valence electrons. The monoisotopic (exact) mass is 358 g/mol. The van der Waals surface area contributed by atoms with Crippen molar-refractivity contribution in [1.29, 1.82) is 0 Å². The molecule has 2 rings (SSSR count). The minimum Gasteiger partial charge on any atom is -0.508 e. The predicted octanol–water partition coefficient (Wildman–Crippen LogP) is -0.314. The Morgan fingerprint density at radius 3 is 1.84 bits per heavy atom. The lowest BCUT2D eigenvalue weighted by Gasteiger charge is -1.96. The molecule has 25 heavy (non-hydrogen) atoms. The van der Waals surface area contributed by atoms with Crippen LogP contribution in [-0.4, -0.2) is 60.9 Å². The number of phenolic OH excluding ortho intramolecular Hbond substituents is 1. The van der Waals surface area contributed by atoms with Gasteiger partial charge in [-0.3, -0.25) is 0 Å². The van der Waals surface area contributed by atoms with Gasteiger partial charge in [0.1, 0.15) is 5.75 Å². The number of aromatic nitrogens is 1. The average molecular weight is 358 g/mol. The van der Waals surface area contributed by atoms with Gasteiger partial charge in [-0.1, -0.05) is 0 Å². The van der Waals surface area contributed by atoms with E-state index in [1.165, 1.54) is 0 Å². The van der Waals surface area contributed by atoms with E-state index in [0.717, 1.165) is 22.9 Å². The molecule has 1 aromatic carbocycles. The van der Waals surface area contributed by atoms with E-state index in [4.69, 9.17) is 45.3 Å². The Morgan fingerprint density at radius 2 is 1.44 bits per heavy atom. The number of hydrogen-bond donors (Lipinski definition) is 7. The largest absolute Gasteiger partial charge is 0.508 e. The van der Waals surface area contributed by atoms with E-state index in [1.807, 2.05) is 12.3 Å². The van der Waals surface area contributed by atoms with Crippen LogP contribution in [0.15, 0.2) is 24.4 Å². The van der Waals surface area contributed by atoms with Gasteiger partial charge in [0.05, 0.1) is 0 Å². The Labute approximate surface area is 139 Å². The molecule has 0 fully saturated rings. The first-order chi connectivity index (χ1) is 11.6. The summed E-state index contributed by atoms with van der Waals surface area (Å²) in [5.41, 5.74) is 7.68. The minimum absolute atomic E-state index is 0.297. The van der Waals surface area contributed by atoms with Gasteiger partial charge < -0.3 is 36.3 Å². The Balaban J connectivity index is 0.000000406. The number of nitrogens with two attached hydrogens (primary N) is 1. The van der Waals surface area contributed by atoms with Crippen molar-refractivity contribution in [3.8, 4) is 5.75 Å². The van der Waals surface area contributed by atoms with Crippen molar-refractivity contribution in [3.05, 3.63) is 30.0 Å². The number of phenols is 1. The molecule has 0 aliphatic carbocycles. The minimum atomic E-state index is -1.82. The molecule has 1 heterocycles. The number of aromatic amines is 1. The van der Waals surface area contributed by atoms with E-state index in [0.29, 0.717) is 12.3 Å². The van der Waals surface area contributed by atoms with Gasteiger partial charge in [0.2, 0.25) is 0 Å². The number of H-pyrrole nitrogens is 1. The second-order valence-electron chi connectivity index (χ2n) is 4.30. The highest BCUT2D eigenvalue weighted by Crippen LogP contribution is 2.22. The average Bonchev–Trinajstić information content (AvgIpc) is 2.91. The first-order valence-corrected chi connectivity index (χ1v) is 6.51. The van der Waals surface area contributed by atoms with Gasteiger partial charge in [-0.2, -0.15) is 0 Å². The van der Waals surface area contributed by atoms with Crippen LogP contribution in [-0.2, 0) is 25.6 Å². The summed E-state index contributed by atoms with van der Waals surface area (Å²) in [5, 5.41) is 39.9. The van der Waals surface area contributed by atoms with Crippen LogP contribution in [0.2, 0.25) is 0 Å². The van der Waals surface area contributed by atoms with E-state index < -0.39 is 23.9 Å². The molecule has 0 saturated carbocycles. The van der Waals surface area contributed by atoms with Gasteiger partial charge >= 0.3 is 23.9 Å². The number of carboxylic acids is 4. The Hall–Kier alpha value is -3.60. The van der Waals surface area contributed by atoms with Crippen molar-refractivity contribution in [2.75, 3.05) is 6.54 Å². The number of aromatic hydroxyl groups is 1. The van der Waals surface area contributed by atoms with Crippen LogP contribution in [0.1, 0.15) is 5.56 Å². The van der Waals surface area contributed by atoms with Gasteiger partial charge in [-0.15, -0.1) is 0 Å². The normalized spacial score (nSPS) is 9.16. The maximum Gasteiger partial charge on any atom is 0.414 e. The third-order valence-electron chi connectivity index (χ3n) is 2.53. The summed E-state index contributed by atoms with van der Waals surface area (Å²) in [6.45, 7) is 0.628. The second-order valence-corrected chi connectivity index (χ2v) is 4.30. The highest BCUT2D eigenvalue weighted by Gasteiger charge is 2.04. The van der Waals surface area contributed by atoms with Gasteiger partial charge in [-0.25, -0.2) is 19.2 Å². The summed E-state index contributed by atoms with van der Waals surface area (Å²) in [6.07, 6.45) is 2.78. The fourth-order valence-corrected chi connectivity index (χ4v) is 1.53. The number of nitrogens with one attached hydrogen (secondary N) is 1. The Bertz CT molecular complexity index is 719. The molecule has 0 unspecified atom stereocenters. The summed E-state index contributed by atoms with van der Waals surface area (Å²) in [6, 6.07) is 5.30. The fraction of sp³-hybridized carbons (Fsp3) is 0.143. The zero-order valence-electron chi connectivity index (χ0n) is 12.7. The Kier molecular flexibility index (Phi) is 8.75. The molecule has 11 nitrogen and oxygen atoms in total. The van der Waals surface area contributed by atoms with Gasteiger partial charge in [0.25, 0.3) is 0 Å². The number of hydrogen-bond acceptors (Lipinski definition) is 6. The molecule has 0 spiro atoms. The lowest BCUT2D eigenvalue weighted by molar-refractivity contribution is -0.159. The second kappa shape index (κ2) is 10.2. The molecule has 8 N–H and O–H groups in total. The topological polar surface area (TPSA) is 211 Å². The molecule has 0 saturated heterocycles. The molecule has 0 atom stereocenters. The van der Waals surface area contributed by atoms with Crippen LogP contribution < -0.4 is 5.73 Å². The van der Waals surface area contributed by atoms with E-state index in [1.54, 1.807) is 12.1 Å². The van der Waals surface area contributed by atoms with E-state index >= 15 is 0 Å². The third kappa shape index (κ3) is 7.99. The standard InChI is InChI=1S/C10H12N2O.2C2H2O4/c11-4-3-7-6-12-10-2-1-8(13)5-9(7)10;2*3-1(4)2(5)6/h1-2,5-6,12-13H,3-4,11H2;2*(H,3,4)(H,5,6)/i3+2;;. The predicted molar refractivity (Wildman–Crippen MR) is 83.3 cm³/mol. The van der Waals surface area contributed by atoms with Crippen LogP contribution in [0.3, 0.4) is 0 Å². The summed E-state index contributed by atoms with van der Waals surface area (Å²) in [4.78, 5) is 39.5. The molecule has 0 radical (unpaired) electrons. The van der Waals surface area contributed by atoms with Crippen LogP contribution in [0.5, 0.6) is 5.75 Å². The van der Waals surface area contributed by atoms with Crippen molar-refractivity contribution in [1.82, 2.24) is 4.98 Å². The first kappa shape index (κ1) is 21.4. The number of aliphatic carboxylic acids is 4. The molecular weight excluding hydrogens is 342 g/mol. The highest BCUT2D eigenvalue weighted by molar-refractivity contribution is 6.27. The van der Waals surface area contributed by atoms with Crippen LogP contribution in [0.25, 0.3) is 10.9 Å². The Morgan fingerprint density at radius 1 is 0.960 bits per heavy atom. The summed E-state index contributed by atoms with van der Waals surface area (Å²) in [7, 11) is 0. The summed E-state index contributed by atoms with van der Waals surface area (Å²) >= 11 is 0. The SMILES string of the molecule is NC[14CH2]c1c[nH]c2ccc(O)cc12.O=C(O)C(=O)O.O=C(O)C(=O)O. The molecule has 0 aliphatic rings. The summed E-state index contributed by atoms with van der Waals surface area (Å²) < 4.78 is 0. The number of benzene rings is 1.